The Kier molecular flexibility index (Phi) is 5.17. The van der Waals surface area contributed by atoms with Crippen LogP contribution in [0.3, 0.4) is 0 Å². The van der Waals surface area contributed by atoms with Crippen LogP contribution in [-0.4, -0.2) is 25.8 Å². The summed E-state index contributed by atoms with van der Waals surface area (Å²) in [5.41, 5.74) is 3.97. The molecule has 0 aliphatic carbocycles. The van der Waals surface area contributed by atoms with Crippen LogP contribution in [0.1, 0.15) is 5.56 Å². The highest BCUT2D eigenvalue weighted by atomic mass is 35.5. The number of halogens is 1. The monoisotopic (exact) mass is 443 g/mol. The molecule has 0 bridgehead atoms. The van der Waals surface area contributed by atoms with Crippen LogP contribution in [0.5, 0.6) is 0 Å². The van der Waals surface area contributed by atoms with Gasteiger partial charge in [0.25, 0.3) is 5.89 Å². The first-order chi connectivity index (χ1) is 15.6. The van der Waals surface area contributed by atoms with Crippen molar-refractivity contribution in [2.75, 3.05) is 5.32 Å². The number of carbonyl (C=O) groups excluding carboxylic acids is 1. The van der Waals surface area contributed by atoms with Crippen LogP contribution in [0, 0.1) is 6.92 Å². The zero-order chi connectivity index (χ0) is 22.1. The third kappa shape index (κ3) is 3.98. The van der Waals surface area contributed by atoms with Gasteiger partial charge in [-0.3, -0.25) is 9.48 Å². The Morgan fingerprint density at radius 2 is 1.88 bits per heavy atom. The molecule has 0 atom stereocenters. The molecular weight excluding hydrogens is 426 g/mol. The lowest BCUT2D eigenvalue weighted by Crippen LogP contribution is -2.19. The highest BCUT2D eigenvalue weighted by Gasteiger charge is 2.19. The first kappa shape index (κ1) is 20.0. The molecule has 1 amide bonds. The molecule has 0 unspecified atom stereocenters. The van der Waals surface area contributed by atoms with Crippen LogP contribution in [0.4, 0.5) is 5.69 Å². The van der Waals surface area contributed by atoms with Crippen molar-refractivity contribution in [3.8, 4) is 23.0 Å². The van der Waals surface area contributed by atoms with Crippen molar-refractivity contribution in [3.63, 3.8) is 0 Å². The van der Waals surface area contributed by atoms with Crippen LogP contribution >= 0.6 is 11.6 Å². The van der Waals surface area contributed by atoms with Crippen molar-refractivity contribution in [1.82, 2.24) is 19.9 Å². The Labute approximate surface area is 188 Å². The SMILES string of the molecule is Cc1cccc(-c2noc(-c3nn(CC(=O)Nc4ccc(Cl)cc4)c4ccccc34)n2)c1. The molecule has 32 heavy (non-hydrogen) atoms. The molecule has 158 valence electrons. The number of nitrogens with one attached hydrogen (secondary N) is 1. The highest BCUT2D eigenvalue weighted by molar-refractivity contribution is 6.30. The van der Waals surface area contributed by atoms with E-state index in [0.29, 0.717) is 28.1 Å². The zero-order valence-electron chi connectivity index (χ0n) is 17.1. The van der Waals surface area contributed by atoms with Crippen molar-refractivity contribution < 1.29 is 9.32 Å². The summed E-state index contributed by atoms with van der Waals surface area (Å²) in [6.45, 7) is 2.04. The van der Waals surface area contributed by atoms with Gasteiger partial charge < -0.3 is 9.84 Å². The fraction of sp³-hybridized carbons (Fsp3) is 0.0833. The Hall–Kier alpha value is -3.97. The van der Waals surface area contributed by atoms with Gasteiger partial charge in [0, 0.05) is 21.7 Å². The Bertz CT molecular complexity index is 1420. The molecule has 7 nitrogen and oxygen atoms in total. The fourth-order valence-electron chi connectivity index (χ4n) is 3.50. The van der Waals surface area contributed by atoms with Gasteiger partial charge in [-0.15, -0.1) is 0 Å². The Balaban J connectivity index is 1.45. The van der Waals surface area contributed by atoms with Crippen molar-refractivity contribution >= 4 is 34.1 Å². The fourth-order valence-corrected chi connectivity index (χ4v) is 3.62. The smallest absolute Gasteiger partial charge is 0.279 e. The third-order valence-corrected chi connectivity index (χ3v) is 5.24. The summed E-state index contributed by atoms with van der Waals surface area (Å²) in [6.07, 6.45) is 0. The lowest BCUT2D eigenvalue weighted by atomic mass is 10.1. The second kappa shape index (κ2) is 8.28. The molecule has 8 heteroatoms. The molecule has 5 aromatic rings. The molecule has 0 saturated heterocycles. The molecule has 2 aromatic heterocycles. The highest BCUT2D eigenvalue weighted by Crippen LogP contribution is 2.28. The van der Waals surface area contributed by atoms with Gasteiger partial charge in [-0.2, -0.15) is 10.1 Å². The first-order valence-electron chi connectivity index (χ1n) is 9.99. The van der Waals surface area contributed by atoms with Gasteiger partial charge >= 0.3 is 0 Å². The molecule has 0 radical (unpaired) electrons. The number of amides is 1. The van der Waals surface area contributed by atoms with Crippen LogP contribution in [0.15, 0.2) is 77.3 Å². The normalized spacial score (nSPS) is 11.1. The predicted octanol–water partition coefficient (Wildman–Crippen LogP) is 5.35. The van der Waals surface area contributed by atoms with Gasteiger partial charge in [0.05, 0.1) is 5.52 Å². The number of nitrogens with zero attached hydrogens (tertiary/aromatic N) is 4. The van der Waals surface area contributed by atoms with Crippen LogP contribution in [0.2, 0.25) is 5.02 Å². The number of aromatic nitrogens is 4. The Morgan fingerprint density at radius 1 is 1.06 bits per heavy atom. The van der Waals surface area contributed by atoms with Crippen molar-refractivity contribution in [3.05, 3.63) is 83.4 Å². The van der Waals surface area contributed by atoms with Gasteiger partial charge in [-0.05, 0) is 43.3 Å². The summed E-state index contributed by atoms with van der Waals surface area (Å²) in [6, 6.07) is 22.4. The zero-order valence-corrected chi connectivity index (χ0v) is 17.9. The second-order valence-electron chi connectivity index (χ2n) is 7.37. The molecule has 5 rings (SSSR count). The number of aryl methyl sites for hydroxylation is 1. The van der Waals surface area contributed by atoms with Gasteiger partial charge in [0.2, 0.25) is 11.7 Å². The van der Waals surface area contributed by atoms with Crippen LogP contribution in [-0.2, 0) is 11.3 Å². The largest absolute Gasteiger partial charge is 0.332 e. The summed E-state index contributed by atoms with van der Waals surface area (Å²) in [7, 11) is 0. The lowest BCUT2D eigenvalue weighted by molar-refractivity contribution is -0.116. The molecule has 0 saturated carbocycles. The van der Waals surface area contributed by atoms with E-state index in [-0.39, 0.29) is 12.5 Å². The summed E-state index contributed by atoms with van der Waals surface area (Å²) in [5, 5.41) is 13.0. The predicted molar refractivity (Wildman–Crippen MR) is 123 cm³/mol. The number of rotatable bonds is 5. The molecule has 0 fully saturated rings. The molecule has 0 spiro atoms. The molecular formula is C24H18ClN5O2. The van der Waals surface area contributed by atoms with Gasteiger partial charge in [-0.1, -0.05) is 58.7 Å². The van der Waals surface area contributed by atoms with Crippen LogP contribution in [0.25, 0.3) is 33.9 Å². The summed E-state index contributed by atoms with van der Waals surface area (Å²) >= 11 is 5.91. The summed E-state index contributed by atoms with van der Waals surface area (Å²) < 4.78 is 7.16. The van der Waals surface area contributed by atoms with E-state index in [0.717, 1.165) is 22.0 Å². The van der Waals surface area contributed by atoms with E-state index < -0.39 is 0 Å². The average Bonchev–Trinajstić information content (AvgIpc) is 3.41. The van der Waals surface area contributed by atoms with Crippen LogP contribution < -0.4 is 5.32 Å². The maximum atomic E-state index is 12.6. The average molecular weight is 444 g/mol. The first-order valence-corrected chi connectivity index (χ1v) is 10.4. The Morgan fingerprint density at radius 3 is 2.69 bits per heavy atom. The number of benzene rings is 3. The number of anilines is 1. The molecule has 2 heterocycles. The van der Waals surface area contributed by atoms with E-state index in [1.54, 1.807) is 28.9 Å². The van der Waals surface area contributed by atoms with Gasteiger partial charge in [0.1, 0.15) is 6.54 Å². The number of fused-ring (bicyclic) bond motifs is 1. The van der Waals surface area contributed by atoms with Crippen molar-refractivity contribution in [1.29, 1.82) is 0 Å². The van der Waals surface area contributed by atoms with E-state index in [4.69, 9.17) is 16.1 Å². The summed E-state index contributed by atoms with van der Waals surface area (Å²) in [4.78, 5) is 17.2. The minimum absolute atomic E-state index is 0.0298. The van der Waals surface area contributed by atoms with E-state index in [2.05, 4.69) is 20.6 Å². The number of hydrogen-bond donors (Lipinski definition) is 1. The van der Waals surface area contributed by atoms with Crippen molar-refractivity contribution in [2.45, 2.75) is 13.5 Å². The topological polar surface area (TPSA) is 85.8 Å². The minimum atomic E-state index is -0.210. The lowest BCUT2D eigenvalue weighted by Gasteiger charge is -2.06. The molecule has 0 aliphatic rings. The maximum Gasteiger partial charge on any atom is 0.279 e. The summed E-state index contributed by atoms with van der Waals surface area (Å²) in [5.74, 6) is 0.579. The molecule has 0 aliphatic heterocycles. The van der Waals surface area contributed by atoms with E-state index in [9.17, 15) is 4.79 Å². The van der Waals surface area contributed by atoms with E-state index in [1.165, 1.54) is 0 Å². The second-order valence-corrected chi connectivity index (χ2v) is 7.81. The van der Waals surface area contributed by atoms with Gasteiger partial charge in [-0.25, -0.2) is 0 Å². The number of para-hydroxylation sites is 1. The number of hydrogen-bond acceptors (Lipinski definition) is 5. The molecule has 1 N–H and O–H groups in total. The maximum absolute atomic E-state index is 12.6. The van der Waals surface area contributed by atoms with E-state index >= 15 is 0 Å². The van der Waals surface area contributed by atoms with Gasteiger partial charge in [0.15, 0.2) is 5.69 Å². The third-order valence-electron chi connectivity index (χ3n) is 4.98. The van der Waals surface area contributed by atoms with E-state index in [1.807, 2.05) is 55.5 Å². The number of carbonyl (C=O) groups is 1. The standard InChI is InChI=1S/C24H18ClN5O2/c1-15-5-4-6-16(13-15)23-27-24(32-29-23)22-19-7-2-3-8-20(19)30(28-22)14-21(31)26-18-11-9-17(25)10-12-18/h2-13H,14H2,1H3,(H,26,31). The van der Waals surface area contributed by atoms with Crippen molar-refractivity contribution in [2.24, 2.45) is 0 Å². The molecule has 3 aromatic carbocycles. The quantitative estimate of drug-likeness (QED) is 0.395. The minimum Gasteiger partial charge on any atom is -0.332 e.